The Kier molecular flexibility index (Phi) is 3.65. The van der Waals surface area contributed by atoms with Gasteiger partial charge in [-0.25, -0.2) is 9.89 Å². The first kappa shape index (κ1) is 14.3. The first-order chi connectivity index (χ1) is 10.6. The molecule has 0 aliphatic carbocycles. The van der Waals surface area contributed by atoms with Crippen molar-refractivity contribution in [2.45, 2.75) is 6.42 Å². The van der Waals surface area contributed by atoms with Crippen LogP contribution >= 0.6 is 11.6 Å². The molecule has 1 aromatic heterocycles. The Labute approximate surface area is 130 Å². The maximum atomic E-state index is 11.8. The second-order valence-corrected chi connectivity index (χ2v) is 5.25. The van der Waals surface area contributed by atoms with Crippen LogP contribution in [0.2, 0.25) is 5.02 Å². The smallest absolute Gasteiger partial charge is 0.337 e. The third-order valence-electron chi connectivity index (χ3n) is 3.41. The highest BCUT2D eigenvalue weighted by Gasteiger charge is 2.12. The van der Waals surface area contributed by atoms with Crippen LogP contribution in [0.3, 0.4) is 0 Å². The SMILES string of the molecule is O=C(O)c1cc(Cc2n[nH]c(=O)c3ccccc23)ccc1Cl. The van der Waals surface area contributed by atoms with Gasteiger partial charge in [0.15, 0.2) is 0 Å². The van der Waals surface area contributed by atoms with Crippen molar-refractivity contribution in [3.8, 4) is 0 Å². The summed E-state index contributed by atoms with van der Waals surface area (Å²) >= 11 is 5.87. The number of aromatic carboxylic acids is 1. The number of fused-ring (bicyclic) bond motifs is 1. The minimum absolute atomic E-state index is 0.0490. The number of hydrogen-bond acceptors (Lipinski definition) is 3. The van der Waals surface area contributed by atoms with Gasteiger partial charge in [0.1, 0.15) is 0 Å². The van der Waals surface area contributed by atoms with E-state index in [1.165, 1.54) is 6.07 Å². The van der Waals surface area contributed by atoms with E-state index in [-0.39, 0.29) is 16.1 Å². The molecule has 3 aromatic rings. The fourth-order valence-electron chi connectivity index (χ4n) is 2.35. The van der Waals surface area contributed by atoms with Crippen molar-refractivity contribution < 1.29 is 9.90 Å². The van der Waals surface area contributed by atoms with Crippen molar-refractivity contribution in [2.75, 3.05) is 0 Å². The molecule has 3 rings (SSSR count). The highest BCUT2D eigenvalue weighted by atomic mass is 35.5. The fourth-order valence-corrected chi connectivity index (χ4v) is 2.54. The van der Waals surface area contributed by atoms with Gasteiger partial charge in [-0.15, -0.1) is 0 Å². The molecule has 0 saturated heterocycles. The molecule has 22 heavy (non-hydrogen) atoms. The molecule has 0 bridgehead atoms. The number of rotatable bonds is 3. The number of benzene rings is 2. The molecule has 1 heterocycles. The number of aromatic nitrogens is 2. The molecule has 110 valence electrons. The molecular weight excluding hydrogens is 304 g/mol. The topological polar surface area (TPSA) is 83.0 Å². The van der Waals surface area contributed by atoms with Gasteiger partial charge in [-0.2, -0.15) is 5.10 Å². The van der Waals surface area contributed by atoms with Gasteiger partial charge in [0.05, 0.1) is 21.7 Å². The van der Waals surface area contributed by atoms with E-state index in [9.17, 15) is 9.59 Å². The van der Waals surface area contributed by atoms with Gasteiger partial charge >= 0.3 is 5.97 Å². The summed E-state index contributed by atoms with van der Waals surface area (Å²) in [5, 5.41) is 17.2. The van der Waals surface area contributed by atoms with E-state index >= 15 is 0 Å². The predicted molar refractivity (Wildman–Crippen MR) is 83.6 cm³/mol. The molecule has 0 atom stereocenters. The van der Waals surface area contributed by atoms with Gasteiger partial charge in [0.25, 0.3) is 5.56 Å². The monoisotopic (exact) mass is 314 g/mol. The van der Waals surface area contributed by atoms with Crippen LogP contribution in [0, 0.1) is 0 Å². The predicted octanol–water partition coefficient (Wildman–Crippen LogP) is 2.87. The van der Waals surface area contributed by atoms with Crippen molar-refractivity contribution in [1.82, 2.24) is 10.2 Å². The summed E-state index contributed by atoms with van der Waals surface area (Å²) in [6.45, 7) is 0. The Bertz CT molecular complexity index is 934. The Morgan fingerprint density at radius 3 is 2.64 bits per heavy atom. The Morgan fingerprint density at radius 1 is 1.18 bits per heavy atom. The Balaban J connectivity index is 2.08. The van der Waals surface area contributed by atoms with E-state index in [4.69, 9.17) is 16.7 Å². The lowest BCUT2D eigenvalue weighted by atomic mass is 10.0. The molecule has 0 unspecified atom stereocenters. The summed E-state index contributed by atoms with van der Waals surface area (Å²) in [6, 6.07) is 12.0. The number of aromatic amines is 1. The van der Waals surface area contributed by atoms with Crippen molar-refractivity contribution in [2.24, 2.45) is 0 Å². The summed E-state index contributed by atoms with van der Waals surface area (Å²) in [5.74, 6) is -1.08. The van der Waals surface area contributed by atoms with Gasteiger partial charge in [-0.1, -0.05) is 35.9 Å². The van der Waals surface area contributed by atoms with Crippen LogP contribution in [0.25, 0.3) is 10.8 Å². The number of carboxylic acids is 1. The first-order valence-electron chi connectivity index (χ1n) is 6.54. The molecule has 0 amide bonds. The molecule has 2 aromatic carbocycles. The van der Waals surface area contributed by atoms with Gasteiger partial charge in [-0.05, 0) is 23.8 Å². The van der Waals surface area contributed by atoms with Gasteiger partial charge < -0.3 is 5.11 Å². The number of carbonyl (C=O) groups is 1. The van der Waals surface area contributed by atoms with Gasteiger partial charge in [-0.3, -0.25) is 4.79 Å². The summed E-state index contributed by atoms with van der Waals surface area (Å²) in [7, 11) is 0. The molecule has 0 spiro atoms. The van der Waals surface area contributed by atoms with E-state index in [0.29, 0.717) is 17.5 Å². The lowest BCUT2D eigenvalue weighted by Gasteiger charge is -2.07. The average molecular weight is 315 g/mol. The highest BCUT2D eigenvalue weighted by Crippen LogP contribution is 2.21. The van der Waals surface area contributed by atoms with Gasteiger partial charge in [0, 0.05) is 11.8 Å². The van der Waals surface area contributed by atoms with Crippen LogP contribution in [0.1, 0.15) is 21.6 Å². The molecule has 0 aliphatic rings. The Morgan fingerprint density at radius 2 is 1.91 bits per heavy atom. The molecule has 6 heteroatoms. The van der Waals surface area contributed by atoms with E-state index in [1.807, 2.05) is 12.1 Å². The zero-order valence-electron chi connectivity index (χ0n) is 11.3. The van der Waals surface area contributed by atoms with E-state index < -0.39 is 5.97 Å². The zero-order valence-corrected chi connectivity index (χ0v) is 12.1. The summed E-state index contributed by atoms with van der Waals surface area (Å²) < 4.78 is 0. The van der Waals surface area contributed by atoms with Gasteiger partial charge in [0.2, 0.25) is 0 Å². The molecule has 2 N–H and O–H groups in total. The second-order valence-electron chi connectivity index (χ2n) is 4.84. The van der Waals surface area contributed by atoms with Crippen molar-refractivity contribution in [3.63, 3.8) is 0 Å². The lowest BCUT2D eigenvalue weighted by Crippen LogP contribution is -2.11. The molecule has 0 saturated carbocycles. The number of nitrogens with zero attached hydrogens (tertiary/aromatic N) is 1. The number of carboxylic acid groups (broad SMARTS) is 1. The largest absolute Gasteiger partial charge is 0.478 e. The van der Waals surface area contributed by atoms with E-state index in [2.05, 4.69) is 10.2 Å². The zero-order chi connectivity index (χ0) is 15.7. The number of nitrogens with one attached hydrogen (secondary N) is 1. The second kappa shape index (κ2) is 5.61. The average Bonchev–Trinajstić information content (AvgIpc) is 2.52. The quantitative estimate of drug-likeness (QED) is 0.778. The summed E-state index contributed by atoms with van der Waals surface area (Å²) in [6.07, 6.45) is 0.398. The first-order valence-corrected chi connectivity index (χ1v) is 6.92. The summed E-state index contributed by atoms with van der Waals surface area (Å²) in [5.41, 5.74) is 1.23. The van der Waals surface area contributed by atoms with Crippen LogP contribution in [0.15, 0.2) is 47.3 Å². The van der Waals surface area contributed by atoms with E-state index in [1.54, 1.807) is 24.3 Å². The standard InChI is InChI=1S/C16H11ClN2O3/c17-13-6-5-9(7-12(13)16(21)22)8-14-10-3-1-2-4-11(10)15(20)19-18-14/h1-7H,8H2,(H,19,20)(H,21,22). The molecule has 0 fully saturated rings. The molecule has 0 radical (unpaired) electrons. The van der Waals surface area contributed by atoms with Crippen LogP contribution in [-0.4, -0.2) is 21.3 Å². The molecule has 0 aliphatic heterocycles. The van der Waals surface area contributed by atoms with E-state index in [0.717, 1.165) is 10.9 Å². The minimum Gasteiger partial charge on any atom is -0.478 e. The number of H-pyrrole nitrogens is 1. The lowest BCUT2D eigenvalue weighted by molar-refractivity contribution is 0.0697. The van der Waals surface area contributed by atoms with Crippen LogP contribution < -0.4 is 5.56 Å². The molecular formula is C16H11ClN2O3. The van der Waals surface area contributed by atoms with Crippen LogP contribution in [0.5, 0.6) is 0 Å². The number of hydrogen-bond donors (Lipinski definition) is 2. The van der Waals surface area contributed by atoms with Crippen LogP contribution in [0.4, 0.5) is 0 Å². The molecule has 5 nitrogen and oxygen atoms in total. The third kappa shape index (κ3) is 2.58. The maximum Gasteiger partial charge on any atom is 0.337 e. The van der Waals surface area contributed by atoms with Crippen LogP contribution in [-0.2, 0) is 6.42 Å². The van der Waals surface area contributed by atoms with Crippen molar-refractivity contribution in [1.29, 1.82) is 0 Å². The maximum absolute atomic E-state index is 11.8. The summed E-state index contributed by atoms with van der Waals surface area (Å²) in [4.78, 5) is 22.9. The highest BCUT2D eigenvalue weighted by molar-refractivity contribution is 6.33. The Hall–Kier alpha value is -2.66. The fraction of sp³-hybridized carbons (Fsp3) is 0.0625. The minimum atomic E-state index is -1.08. The van der Waals surface area contributed by atoms with Crippen molar-refractivity contribution >= 4 is 28.3 Å². The van der Waals surface area contributed by atoms with Crippen molar-refractivity contribution in [3.05, 3.63) is 74.7 Å². The number of halogens is 1. The third-order valence-corrected chi connectivity index (χ3v) is 3.74. The normalized spacial score (nSPS) is 10.8.